The summed E-state index contributed by atoms with van der Waals surface area (Å²) in [6.07, 6.45) is -0.538. The van der Waals surface area contributed by atoms with Crippen LogP contribution in [0.1, 0.15) is 30.5 Å². The molecule has 1 aromatic carbocycles. The van der Waals surface area contributed by atoms with Gasteiger partial charge in [-0.3, -0.25) is 0 Å². The fourth-order valence-corrected chi connectivity index (χ4v) is 2.25. The maximum Gasteiger partial charge on any atom is 0.338 e. The van der Waals surface area contributed by atoms with Crippen LogP contribution in [0.15, 0.2) is 12.1 Å². The molecule has 2 rings (SSSR count). The van der Waals surface area contributed by atoms with Crippen LogP contribution in [0.25, 0.3) is 0 Å². The van der Waals surface area contributed by atoms with E-state index in [2.05, 4.69) is 0 Å². The molecule has 0 bridgehead atoms. The first-order valence-corrected chi connectivity index (χ1v) is 6.44. The van der Waals surface area contributed by atoms with Gasteiger partial charge in [-0.25, -0.2) is 4.79 Å². The van der Waals surface area contributed by atoms with Gasteiger partial charge in [0.05, 0.1) is 13.7 Å². The first-order chi connectivity index (χ1) is 8.93. The Bertz CT molecular complexity index is 509. The van der Waals surface area contributed by atoms with Crippen molar-refractivity contribution in [2.24, 2.45) is 0 Å². The first-order valence-electron chi connectivity index (χ1n) is 6.44. The number of methoxy groups -OCH3 is 1. The van der Waals surface area contributed by atoms with Crippen molar-refractivity contribution in [3.8, 4) is 5.75 Å². The Morgan fingerprint density at radius 3 is 2.58 bits per heavy atom. The normalized spacial score (nSPS) is 25.0. The van der Waals surface area contributed by atoms with Crippen molar-refractivity contribution in [2.75, 3.05) is 13.7 Å². The summed E-state index contributed by atoms with van der Waals surface area (Å²) in [6.45, 7) is 8.10. The lowest BCUT2D eigenvalue weighted by Gasteiger charge is -2.15. The fraction of sp³-hybridized carbons (Fsp3) is 0.533. The number of benzene rings is 1. The molecule has 104 valence electrons. The molecule has 0 saturated carbocycles. The molecule has 2 unspecified atom stereocenters. The van der Waals surface area contributed by atoms with Crippen LogP contribution in [0.4, 0.5) is 0 Å². The monoisotopic (exact) mass is 264 g/mol. The van der Waals surface area contributed by atoms with Crippen molar-refractivity contribution in [2.45, 2.75) is 39.4 Å². The zero-order chi connectivity index (χ0) is 14.2. The van der Waals surface area contributed by atoms with Crippen molar-refractivity contribution in [1.29, 1.82) is 0 Å². The van der Waals surface area contributed by atoms with E-state index in [9.17, 15) is 4.79 Å². The second-order valence-electron chi connectivity index (χ2n) is 4.99. The summed E-state index contributed by atoms with van der Waals surface area (Å²) >= 11 is 0. The van der Waals surface area contributed by atoms with Gasteiger partial charge in [0, 0.05) is 5.56 Å². The smallest absolute Gasteiger partial charge is 0.338 e. The van der Waals surface area contributed by atoms with Crippen molar-refractivity contribution >= 4 is 5.97 Å². The Balaban J connectivity index is 2.33. The largest absolute Gasteiger partial charge is 0.496 e. The average molecular weight is 264 g/mol. The van der Waals surface area contributed by atoms with E-state index < -0.39 is 11.7 Å². The molecule has 19 heavy (non-hydrogen) atoms. The second-order valence-corrected chi connectivity index (χ2v) is 4.99. The third-order valence-electron chi connectivity index (χ3n) is 3.66. The summed E-state index contributed by atoms with van der Waals surface area (Å²) in [4.78, 5) is 11.8. The van der Waals surface area contributed by atoms with Crippen LogP contribution >= 0.6 is 0 Å². The first kappa shape index (κ1) is 13.9. The average Bonchev–Trinajstić information content (AvgIpc) is 3.06. The van der Waals surface area contributed by atoms with Crippen LogP contribution in [0.3, 0.4) is 0 Å². The molecule has 4 nitrogen and oxygen atoms in total. The molecule has 1 fully saturated rings. The fourth-order valence-electron chi connectivity index (χ4n) is 2.25. The van der Waals surface area contributed by atoms with Crippen LogP contribution in [-0.4, -0.2) is 25.8 Å². The molecule has 1 aliphatic heterocycles. The molecular formula is C15H20O4. The third-order valence-corrected chi connectivity index (χ3v) is 3.66. The van der Waals surface area contributed by atoms with Crippen molar-refractivity contribution in [3.05, 3.63) is 28.8 Å². The van der Waals surface area contributed by atoms with Gasteiger partial charge < -0.3 is 14.2 Å². The highest BCUT2D eigenvalue weighted by Crippen LogP contribution is 2.50. The van der Waals surface area contributed by atoms with E-state index in [1.54, 1.807) is 14.0 Å². The molecular weight excluding hydrogens is 244 g/mol. The summed E-state index contributed by atoms with van der Waals surface area (Å²) in [5, 5.41) is 0. The molecule has 0 amide bonds. The number of carbonyl (C=O) groups is 1. The van der Waals surface area contributed by atoms with Gasteiger partial charge >= 0.3 is 5.97 Å². The van der Waals surface area contributed by atoms with Crippen LogP contribution in [0.5, 0.6) is 5.75 Å². The van der Waals surface area contributed by atoms with Gasteiger partial charge in [0.15, 0.2) is 6.10 Å². The Labute approximate surface area is 113 Å². The van der Waals surface area contributed by atoms with E-state index in [0.717, 1.165) is 22.4 Å². The minimum Gasteiger partial charge on any atom is -0.496 e. The topological polar surface area (TPSA) is 48.1 Å². The van der Waals surface area contributed by atoms with Crippen LogP contribution in [-0.2, 0) is 19.9 Å². The molecule has 1 saturated heterocycles. The van der Waals surface area contributed by atoms with Gasteiger partial charge in [-0.1, -0.05) is 0 Å². The predicted molar refractivity (Wildman–Crippen MR) is 71.3 cm³/mol. The Kier molecular flexibility index (Phi) is 3.54. The van der Waals surface area contributed by atoms with Crippen LogP contribution < -0.4 is 4.74 Å². The minimum absolute atomic E-state index is 0.315. The highest BCUT2D eigenvalue weighted by molar-refractivity contribution is 5.80. The Morgan fingerprint density at radius 1 is 1.37 bits per heavy atom. The van der Waals surface area contributed by atoms with Gasteiger partial charge in [0.25, 0.3) is 0 Å². The maximum atomic E-state index is 11.8. The summed E-state index contributed by atoms with van der Waals surface area (Å²) in [5.74, 6) is 0.433. The number of hydrogen-bond acceptors (Lipinski definition) is 4. The van der Waals surface area contributed by atoms with Crippen molar-refractivity contribution < 1.29 is 19.0 Å². The molecule has 0 radical (unpaired) electrons. The Hall–Kier alpha value is -1.55. The molecule has 0 spiro atoms. The summed E-state index contributed by atoms with van der Waals surface area (Å²) in [7, 11) is 1.62. The highest BCUT2D eigenvalue weighted by atomic mass is 16.7. The highest BCUT2D eigenvalue weighted by Gasteiger charge is 2.60. The minimum atomic E-state index is -0.643. The van der Waals surface area contributed by atoms with E-state index in [1.165, 1.54) is 0 Å². The molecule has 4 heteroatoms. The lowest BCUT2D eigenvalue weighted by atomic mass is 9.93. The maximum absolute atomic E-state index is 11.8. The third kappa shape index (κ3) is 2.32. The lowest BCUT2D eigenvalue weighted by Crippen LogP contribution is -2.19. The SMILES string of the molecule is CCOC(=O)C1OC1(C)c1cc(C)c(C)cc1OC. The van der Waals surface area contributed by atoms with Gasteiger partial charge in [-0.15, -0.1) is 0 Å². The van der Waals surface area contributed by atoms with E-state index in [0.29, 0.717) is 6.61 Å². The van der Waals surface area contributed by atoms with Gasteiger partial charge in [-0.2, -0.15) is 0 Å². The molecule has 1 aromatic rings. The van der Waals surface area contributed by atoms with Crippen LogP contribution in [0, 0.1) is 13.8 Å². The molecule has 1 heterocycles. The quantitative estimate of drug-likeness (QED) is 0.619. The summed E-state index contributed by atoms with van der Waals surface area (Å²) in [5.41, 5.74) is 2.56. The van der Waals surface area contributed by atoms with Gasteiger partial charge in [-0.05, 0) is 51.0 Å². The molecule has 0 N–H and O–H groups in total. The van der Waals surface area contributed by atoms with Gasteiger partial charge in [0.1, 0.15) is 11.4 Å². The lowest BCUT2D eigenvalue weighted by molar-refractivity contribution is -0.144. The number of rotatable bonds is 4. The Morgan fingerprint density at radius 2 is 2.00 bits per heavy atom. The molecule has 0 aliphatic carbocycles. The van der Waals surface area contributed by atoms with Crippen LogP contribution in [0.2, 0.25) is 0 Å². The molecule has 1 aliphatic rings. The zero-order valence-electron chi connectivity index (χ0n) is 12.1. The number of ether oxygens (including phenoxy) is 3. The van der Waals surface area contributed by atoms with Gasteiger partial charge in [0.2, 0.25) is 0 Å². The number of epoxide rings is 1. The zero-order valence-corrected chi connectivity index (χ0v) is 12.1. The number of carbonyl (C=O) groups excluding carboxylic acids is 1. The van der Waals surface area contributed by atoms with Crippen molar-refractivity contribution in [1.82, 2.24) is 0 Å². The van der Waals surface area contributed by atoms with E-state index in [1.807, 2.05) is 32.9 Å². The van der Waals surface area contributed by atoms with E-state index in [4.69, 9.17) is 14.2 Å². The standard InChI is InChI=1S/C15H20O4/c1-6-18-14(16)13-15(4,19-13)11-7-9(2)10(3)8-12(11)17-5/h7-8,13H,6H2,1-5H3. The van der Waals surface area contributed by atoms with E-state index >= 15 is 0 Å². The second kappa shape index (κ2) is 4.85. The molecule has 0 aromatic heterocycles. The summed E-state index contributed by atoms with van der Waals surface area (Å²) in [6, 6.07) is 3.99. The number of hydrogen-bond donors (Lipinski definition) is 0. The van der Waals surface area contributed by atoms with Crippen molar-refractivity contribution in [3.63, 3.8) is 0 Å². The molecule has 2 atom stereocenters. The number of aryl methyl sites for hydroxylation is 2. The summed E-state index contributed by atoms with van der Waals surface area (Å²) < 4.78 is 16.0. The number of esters is 1. The predicted octanol–water partition coefficient (Wildman–Crippen LogP) is 2.49. The van der Waals surface area contributed by atoms with E-state index in [-0.39, 0.29) is 5.97 Å².